The van der Waals surface area contributed by atoms with Crippen LogP contribution in [0.1, 0.15) is 37.7 Å². The molecule has 1 saturated carbocycles. The van der Waals surface area contributed by atoms with E-state index >= 15 is 0 Å². The summed E-state index contributed by atoms with van der Waals surface area (Å²) in [4.78, 5) is 2.82. The highest BCUT2D eigenvalue weighted by atomic mass is 32.1. The van der Waals surface area contributed by atoms with Crippen molar-refractivity contribution in [2.24, 2.45) is 11.7 Å². The molecule has 0 aliphatic heterocycles. The first-order valence-corrected chi connectivity index (χ1v) is 7.18. The average Bonchev–Trinajstić information content (AvgIpc) is 2.40. The van der Waals surface area contributed by atoms with Crippen LogP contribution >= 0.6 is 12.2 Å². The molecule has 1 aromatic rings. The van der Waals surface area contributed by atoms with Crippen LogP contribution in [0.3, 0.4) is 0 Å². The van der Waals surface area contributed by atoms with E-state index in [9.17, 15) is 0 Å². The molecule has 1 aliphatic carbocycles. The molecule has 0 aromatic heterocycles. The highest BCUT2D eigenvalue weighted by Gasteiger charge is 2.15. The lowest BCUT2D eigenvalue weighted by atomic mass is 9.89. The summed E-state index contributed by atoms with van der Waals surface area (Å²) in [5.41, 5.74) is 7.80. The minimum absolute atomic E-state index is 0.469. The van der Waals surface area contributed by atoms with Crippen molar-refractivity contribution >= 4 is 22.9 Å². The van der Waals surface area contributed by atoms with E-state index in [1.807, 2.05) is 12.1 Å². The lowest BCUT2D eigenvalue weighted by Gasteiger charge is -2.28. The Balaban J connectivity index is 1.95. The normalized spacial score (nSPS) is 16.5. The maximum Gasteiger partial charge on any atom is 0.103 e. The van der Waals surface area contributed by atoms with Crippen LogP contribution in [0, 0.1) is 5.92 Å². The molecular formula is C15H22N2S. The summed E-state index contributed by atoms with van der Waals surface area (Å²) in [5, 5.41) is 0. The van der Waals surface area contributed by atoms with Crippen molar-refractivity contribution in [1.29, 1.82) is 0 Å². The van der Waals surface area contributed by atoms with Gasteiger partial charge in [0.2, 0.25) is 0 Å². The fraction of sp³-hybridized carbons (Fsp3) is 0.533. The first-order valence-electron chi connectivity index (χ1n) is 6.78. The second-order valence-electron chi connectivity index (χ2n) is 5.30. The summed E-state index contributed by atoms with van der Waals surface area (Å²) in [7, 11) is 2.17. The number of thiocarbonyl (C=S) groups is 1. The van der Waals surface area contributed by atoms with Gasteiger partial charge in [-0.2, -0.15) is 0 Å². The second-order valence-corrected chi connectivity index (χ2v) is 5.74. The monoisotopic (exact) mass is 262 g/mol. The van der Waals surface area contributed by atoms with Crippen molar-refractivity contribution in [1.82, 2.24) is 0 Å². The summed E-state index contributed by atoms with van der Waals surface area (Å²) in [6.07, 6.45) is 6.99. The Morgan fingerprint density at radius 1 is 1.22 bits per heavy atom. The third-order valence-corrected chi connectivity index (χ3v) is 4.09. The minimum atomic E-state index is 0.469. The molecule has 18 heavy (non-hydrogen) atoms. The molecule has 0 amide bonds. The van der Waals surface area contributed by atoms with Crippen LogP contribution in [0.25, 0.3) is 0 Å². The number of rotatable bonds is 4. The summed E-state index contributed by atoms with van der Waals surface area (Å²) in [6.45, 7) is 1.16. The van der Waals surface area contributed by atoms with Gasteiger partial charge in [-0.25, -0.2) is 0 Å². The van der Waals surface area contributed by atoms with Gasteiger partial charge in [0, 0.05) is 24.8 Å². The fourth-order valence-electron chi connectivity index (χ4n) is 2.74. The van der Waals surface area contributed by atoms with Gasteiger partial charge in [-0.15, -0.1) is 0 Å². The lowest BCUT2D eigenvalue weighted by molar-refractivity contribution is 0.362. The largest absolute Gasteiger partial charge is 0.389 e. The predicted octanol–water partition coefficient (Wildman–Crippen LogP) is 3.34. The van der Waals surface area contributed by atoms with E-state index in [1.165, 1.54) is 37.8 Å². The molecular weight excluding hydrogens is 240 g/mol. The standard InChI is InChI=1S/C15H22N2S/c1-17(11-12-5-3-2-4-6-12)14-9-7-13(8-10-14)15(16)18/h7-10,12H,2-6,11H2,1H3,(H2,16,18). The molecule has 98 valence electrons. The van der Waals surface area contributed by atoms with Crippen LogP contribution in [0.2, 0.25) is 0 Å². The molecule has 2 rings (SSSR count). The van der Waals surface area contributed by atoms with Crippen LogP contribution in [0.4, 0.5) is 5.69 Å². The van der Waals surface area contributed by atoms with Crippen molar-refractivity contribution in [3.63, 3.8) is 0 Å². The van der Waals surface area contributed by atoms with Gasteiger partial charge < -0.3 is 10.6 Å². The van der Waals surface area contributed by atoms with Gasteiger partial charge in [0.05, 0.1) is 0 Å². The van der Waals surface area contributed by atoms with Gasteiger partial charge in [0.25, 0.3) is 0 Å². The Hall–Kier alpha value is -1.09. The third kappa shape index (κ3) is 3.45. The maximum absolute atomic E-state index is 5.61. The highest BCUT2D eigenvalue weighted by Crippen LogP contribution is 2.25. The van der Waals surface area contributed by atoms with Crippen LogP contribution < -0.4 is 10.6 Å². The SMILES string of the molecule is CN(CC1CCCCC1)c1ccc(C(N)=S)cc1. The van der Waals surface area contributed by atoms with Gasteiger partial charge in [0.15, 0.2) is 0 Å². The van der Waals surface area contributed by atoms with E-state index in [2.05, 4.69) is 24.1 Å². The number of nitrogens with zero attached hydrogens (tertiary/aromatic N) is 1. The van der Waals surface area contributed by atoms with Gasteiger partial charge in [-0.1, -0.05) is 31.5 Å². The average molecular weight is 262 g/mol. The quantitative estimate of drug-likeness (QED) is 0.844. The summed E-state index contributed by atoms with van der Waals surface area (Å²) < 4.78 is 0. The molecule has 0 saturated heterocycles. The summed E-state index contributed by atoms with van der Waals surface area (Å²) in [6, 6.07) is 8.23. The van der Waals surface area contributed by atoms with E-state index in [0.29, 0.717) is 4.99 Å². The lowest BCUT2D eigenvalue weighted by Crippen LogP contribution is -2.26. The van der Waals surface area contributed by atoms with Crippen molar-refractivity contribution in [2.45, 2.75) is 32.1 Å². The van der Waals surface area contributed by atoms with Crippen LogP contribution in [-0.2, 0) is 0 Å². The van der Waals surface area contributed by atoms with Gasteiger partial charge in [-0.3, -0.25) is 0 Å². The highest BCUT2D eigenvalue weighted by molar-refractivity contribution is 7.80. The molecule has 0 bridgehead atoms. The van der Waals surface area contributed by atoms with Gasteiger partial charge >= 0.3 is 0 Å². The van der Waals surface area contributed by atoms with Crippen molar-refractivity contribution in [3.05, 3.63) is 29.8 Å². The van der Waals surface area contributed by atoms with Gasteiger partial charge in [0.1, 0.15) is 4.99 Å². The van der Waals surface area contributed by atoms with E-state index in [1.54, 1.807) is 0 Å². The summed E-state index contributed by atoms with van der Waals surface area (Å²) >= 11 is 4.97. The molecule has 0 heterocycles. The Bertz CT molecular complexity index is 393. The zero-order valence-corrected chi connectivity index (χ0v) is 11.9. The van der Waals surface area contributed by atoms with Gasteiger partial charge in [-0.05, 0) is 43.0 Å². The van der Waals surface area contributed by atoms with E-state index < -0.39 is 0 Å². The van der Waals surface area contributed by atoms with E-state index in [-0.39, 0.29) is 0 Å². The van der Waals surface area contributed by atoms with Crippen molar-refractivity contribution < 1.29 is 0 Å². The number of nitrogens with two attached hydrogens (primary N) is 1. The maximum atomic E-state index is 5.61. The van der Waals surface area contributed by atoms with Crippen molar-refractivity contribution in [3.8, 4) is 0 Å². The first-order chi connectivity index (χ1) is 8.66. The number of benzene rings is 1. The minimum Gasteiger partial charge on any atom is -0.389 e. The molecule has 0 spiro atoms. The number of hydrogen-bond acceptors (Lipinski definition) is 2. The second kappa shape index (κ2) is 6.19. The first kappa shape index (κ1) is 13.3. The topological polar surface area (TPSA) is 29.3 Å². The van der Waals surface area contributed by atoms with Crippen LogP contribution in [0.15, 0.2) is 24.3 Å². The van der Waals surface area contributed by atoms with E-state index in [0.717, 1.165) is 18.0 Å². The number of anilines is 1. The van der Waals surface area contributed by atoms with Crippen LogP contribution in [-0.4, -0.2) is 18.6 Å². The summed E-state index contributed by atoms with van der Waals surface area (Å²) in [5.74, 6) is 0.860. The molecule has 2 nitrogen and oxygen atoms in total. The predicted molar refractivity (Wildman–Crippen MR) is 82.2 cm³/mol. The van der Waals surface area contributed by atoms with Crippen molar-refractivity contribution in [2.75, 3.05) is 18.5 Å². The molecule has 0 radical (unpaired) electrons. The van der Waals surface area contributed by atoms with Crippen LogP contribution in [0.5, 0.6) is 0 Å². The molecule has 1 aromatic carbocycles. The molecule has 0 atom stereocenters. The molecule has 1 fully saturated rings. The number of hydrogen-bond donors (Lipinski definition) is 1. The zero-order valence-electron chi connectivity index (χ0n) is 11.1. The Morgan fingerprint density at radius 3 is 2.39 bits per heavy atom. The Kier molecular flexibility index (Phi) is 4.59. The Morgan fingerprint density at radius 2 is 1.83 bits per heavy atom. The molecule has 3 heteroatoms. The fourth-order valence-corrected chi connectivity index (χ4v) is 2.88. The third-order valence-electron chi connectivity index (χ3n) is 3.85. The smallest absolute Gasteiger partial charge is 0.103 e. The zero-order chi connectivity index (χ0) is 13.0. The molecule has 1 aliphatic rings. The van der Waals surface area contributed by atoms with E-state index in [4.69, 9.17) is 18.0 Å². The Labute approximate surface area is 115 Å². The molecule has 2 N–H and O–H groups in total. The molecule has 0 unspecified atom stereocenters.